The monoisotopic (exact) mass is 388 g/mol. The Kier molecular flexibility index (Phi) is 6.26. The van der Waals surface area contributed by atoms with Gasteiger partial charge < -0.3 is 10.1 Å². The summed E-state index contributed by atoms with van der Waals surface area (Å²) in [6.45, 7) is 2.85. The molecule has 6 nitrogen and oxygen atoms in total. The molecule has 1 fully saturated rings. The van der Waals surface area contributed by atoms with Crippen molar-refractivity contribution in [3.8, 4) is 0 Å². The van der Waals surface area contributed by atoms with Gasteiger partial charge in [0.15, 0.2) is 0 Å². The first-order valence-electron chi connectivity index (χ1n) is 9.03. The quantitative estimate of drug-likeness (QED) is 0.764. The minimum absolute atomic E-state index is 0.0655. The Labute approximate surface area is 160 Å². The average molecular weight is 388 g/mol. The first-order valence-corrected chi connectivity index (χ1v) is 10.5. The van der Waals surface area contributed by atoms with Gasteiger partial charge in [-0.25, -0.2) is 13.1 Å². The van der Waals surface area contributed by atoms with E-state index in [1.165, 1.54) is 24.3 Å². The van der Waals surface area contributed by atoms with Gasteiger partial charge in [-0.1, -0.05) is 30.3 Å². The highest BCUT2D eigenvalue weighted by Gasteiger charge is 2.20. The Balaban J connectivity index is 1.61. The molecule has 1 amide bonds. The fourth-order valence-electron chi connectivity index (χ4n) is 2.98. The van der Waals surface area contributed by atoms with Crippen molar-refractivity contribution in [2.24, 2.45) is 0 Å². The van der Waals surface area contributed by atoms with Crippen molar-refractivity contribution in [1.82, 2.24) is 10.0 Å². The van der Waals surface area contributed by atoms with Crippen LogP contribution in [0.5, 0.6) is 0 Å². The number of amides is 1. The second-order valence-corrected chi connectivity index (χ2v) is 8.38. The second kappa shape index (κ2) is 8.65. The van der Waals surface area contributed by atoms with Crippen molar-refractivity contribution in [2.45, 2.75) is 36.8 Å². The van der Waals surface area contributed by atoms with Gasteiger partial charge in [0.25, 0.3) is 5.91 Å². The van der Waals surface area contributed by atoms with E-state index in [4.69, 9.17) is 4.74 Å². The first kappa shape index (κ1) is 19.5. The zero-order valence-electron chi connectivity index (χ0n) is 15.2. The summed E-state index contributed by atoms with van der Waals surface area (Å²) in [5, 5.41) is 2.91. The van der Waals surface area contributed by atoms with Gasteiger partial charge in [-0.05, 0) is 49.6 Å². The predicted octanol–water partition coefficient (Wildman–Crippen LogP) is 2.63. The summed E-state index contributed by atoms with van der Waals surface area (Å²) in [5.74, 6) is -0.248. The maximum Gasteiger partial charge on any atom is 0.251 e. The molecule has 3 rings (SSSR count). The van der Waals surface area contributed by atoms with E-state index in [1.807, 2.05) is 37.3 Å². The smallest absolute Gasteiger partial charge is 0.251 e. The molecule has 1 saturated heterocycles. The molecule has 7 heteroatoms. The maximum atomic E-state index is 12.4. The molecule has 2 aromatic carbocycles. The third-order valence-corrected chi connectivity index (χ3v) is 6.04. The standard InChI is InChI=1S/C20H24N2O4S/c1-15(16-6-3-2-4-7-16)22-20(23)17-9-11-19(12-10-17)27(24,25)21-14-18-8-5-13-26-18/h2-4,6-7,9-12,15,18,21H,5,8,13-14H2,1H3,(H,22,23)/t15-,18-/m0/s1. The van der Waals surface area contributed by atoms with Gasteiger partial charge in [-0.2, -0.15) is 0 Å². The molecular formula is C20H24N2O4S. The first-order chi connectivity index (χ1) is 13.0. The fourth-order valence-corrected chi connectivity index (χ4v) is 4.05. The Morgan fingerprint density at radius 1 is 1.15 bits per heavy atom. The van der Waals surface area contributed by atoms with Gasteiger partial charge in [0, 0.05) is 18.7 Å². The van der Waals surface area contributed by atoms with Gasteiger partial charge >= 0.3 is 0 Å². The number of carbonyl (C=O) groups is 1. The van der Waals surface area contributed by atoms with Crippen LogP contribution in [0.4, 0.5) is 0 Å². The lowest BCUT2D eigenvalue weighted by molar-refractivity contribution is 0.0939. The highest BCUT2D eigenvalue weighted by molar-refractivity contribution is 7.89. The Morgan fingerprint density at radius 3 is 2.48 bits per heavy atom. The summed E-state index contributed by atoms with van der Waals surface area (Å²) in [7, 11) is -3.62. The van der Waals surface area contributed by atoms with Crippen LogP contribution >= 0.6 is 0 Å². The van der Waals surface area contributed by atoms with Gasteiger partial charge in [0.05, 0.1) is 17.0 Å². The van der Waals surface area contributed by atoms with E-state index in [2.05, 4.69) is 10.0 Å². The number of hydrogen-bond donors (Lipinski definition) is 2. The normalized spacial score (nSPS) is 18.2. The molecule has 2 atom stereocenters. The summed E-state index contributed by atoms with van der Waals surface area (Å²) in [6.07, 6.45) is 1.75. The van der Waals surface area contributed by atoms with Crippen LogP contribution in [0.1, 0.15) is 41.7 Å². The molecule has 0 unspecified atom stereocenters. The van der Waals surface area contributed by atoms with Crippen LogP contribution in [-0.4, -0.2) is 33.6 Å². The predicted molar refractivity (Wildman–Crippen MR) is 103 cm³/mol. The van der Waals surface area contributed by atoms with Crippen LogP contribution in [0.3, 0.4) is 0 Å². The van der Waals surface area contributed by atoms with Crippen LogP contribution in [0.25, 0.3) is 0 Å². The molecule has 1 aliphatic rings. The lowest BCUT2D eigenvalue weighted by Gasteiger charge is -2.15. The van der Waals surface area contributed by atoms with Crippen molar-refractivity contribution >= 4 is 15.9 Å². The van der Waals surface area contributed by atoms with Crippen molar-refractivity contribution in [3.05, 3.63) is 65.7 Å². The molecule has 144 valence electrons. The molecule has 0 aliphatic carbocycles. The van der Waals surface area contributed by atoms with Crippen LogP contribution in [0.15, 0.2) is 59.5 Å². The van der Waals surface area contributed by atoms with Crippen molar-refractivity contribution < 1.29 is 17.9 Å². The minimum atomic E-state index is -3.62. The third-order valence-electron chi connectivity index (χ3n) is 4.60. The molecule has 2 N–H and O–H groups in total. The zero-order valence-corrected chi connectivity index (χ0v) is 16.0. The Hall–Kier alpha value is -2.22. The Bertz CT molecular complexity index is 861. The summed E-state index contributed by atoms with van der Waals surface area (Å²) < 4.78 is 32.7. The van der Waals surface area contributed by atoms with Crippen LogP contribution in [0.2, 0.25) is 0 Å². The summed E-state index contributed by atoms with van der Waals surface area (Å²) in [4.78, 5) is 12.5. The van der Waals surface area contributed by atoms with E-state index in [9.17, 15) is 13.2 Å². The van der Waals surface area contributed by atoms with E-state index >= 15 is 0 Å². The van der Waals surface area contributed by atoms with Crippen LogP contribution < -0.4 is 10.0 Å². The third kappa shape index (κ3) is 5.15. The molecule has 1 aliphatic heterocycles. The van der Waals surface area contributed by atoms with Gasteiger partial charge in [-0.15, -0.1) is 0 Å². The van der Waals surface area contributed by atoms with E-state index in [0.717, 1.165) is 18.4 Å². The summed E-state index contributed by atoms with van der Waals surface area (Å²) in [5.41, 5.74) is 1.42. The van der Waals surface area contributed by atoms with Crippen LogP contribution in [-0.2, 0) is 14.8 Å². The van der Waals surface area contributed by atoms with Gasteiger partial charge in [0.2, 0.25) is 10.0 Å². The zero-order chi connectivity index (χ0) is 19.3. The highest BCUT2D eigenvalue weighted by atomic mass is 32.2. The van der Waals surface area contributed by atoms with E-state index < -0.39 is 10.0 Å². The topological polar surface area (TPSA) is 84.5 Å². The number of carbonyl (C=O) groups excluding carboxylic acids is 1. The van der Waals surface area contributed by atoms with Gasteiger partial charge in [-0.3, -0.25) is 4.79 Å². The lowest BCUT2D eigenvalue weighted by Crippen LogP contribution is -2.32. The maximum absolute atomic E-state index is 12.4. The number of sulfonamides is 1. The van der Waals surface area contributed by atoms with E-state index in [-0.39, 0.29) is 29.5 Å². The van der Waals surface area contributed by atoms with E-state index in [0.29, 0.717) is 12.2 Å². The largest absolute Gasteiger partial charge is 0.377 e. The van der Waals surface area contributed by atoms with Crippen molar-refractivity contribution in [3.63, 3.8) is 0 Å². The van der Waals surface area contributed by atoms with Gasteiger partial charge in [0.1, 0.15) is 0 Å². The van der Waals surface area contributed by atoms with Crippen molar-refractivity contribution in [1.29, 1.82) is 0 Å². The van der Waals surface area contributed by atoms with Crippen molar-refractivity contribution in [2.75, 3.05) is 13.2 Å². The minimum Gasteiger partial charge on any atom is -0.377 e. The molecule has 2 aromatic rings. The molecule has 1 heterocycles. The molecule has 27 heavy (non-hydrogen) atoms. The van der Waals surface area contributed by atoms with Crippen LogP contribution in [0, 0.1) is 0 Å². The average Bonchev–Trinajstić information content (AvgIpc) is 3.21. The summed E-state index contributed by atoms with van der Waals surface area (Å²) in [6, 6.07) is 15.4. The number of nitrogens with one attached hydrogen (secondary N) is 2. The highest BCUT2D eigenvalue weighted by Crippen LogP contribution is 2.16. The SMILES string of the molecule is C[C@H](NC(=O)c1ccc(S(=O)(=O)NC[C@@H]2CCCO2)cc1)c1ccccc1. The molecular weight excluding hydrogens is 364 g/mol. The molecule has 0 radical (unpaired) electrons. The molecule has 0 saturated carbocycles. The molecule has 0 aromatic heterocycles. The number of benzene rings is 2. The number of hydrogen-bond acceptors (Lipinski definition) is 4. The lowest BCUT2D eigenvalue weighted by atomic mass is 10.1. The number of rotatable bonds is 7. The molecule has 0 spiro atoms. The second-order valence-electron chi connectivity index (χ2n) is 6.62. The molecule has 0 bridgehead atoms. The van der Waals surface area contributed by atoms with E-state index in [1.54, 1.807) is 0 Å². The fraction of sp³-hybridized carbons (Fsp3) is 0.350. The summed E-state index contributed by atoms with van der Waals surface area (Å²) >= 11 is 0. The number of ether oxygens (including phenoxy) is 1. The Morgan fingerprint density at radius 2 is 1.85 bits per heavy atom.